The minimum absolute atomic E-state index is 0.140. The van der Waals surface area contributed by atoms with Crippen LogP contribution in [0.2, 0.25) is 0 Å². The van der Waals surface area contributed by atoms with Crippen molar-refractivity contribution in [1.82, 2.24) is 0 Å². The summed E-state index contributed by atoms with van der Waals surface area (Å²) in [5.74, 6) is 2.64. The Balaban J connectivity index is 1.69. The van der Waals surface area contributed by atoms with Crippen LogP contribution in [-0.2, 0) is 4.74 Å². The molecule has 0 heterocycles. The molecule has 3 fully saturated rings. The third-order valence-corrected chi connectivity index (χ3v) is 11.1. The van der Waals surface area contributed by atoms with Gasteiger partial charge in [0.05, 0.1) is 11.7 Å². The highest BCUT2D eigenvalue weighted by Crippen LogP contribution is 2.69. The number of fused-ring (bicyclic) bond motifs is 5. The molecule has 4 rings (SSSR count). The lowest BCUT2D eigenvalue weighted by Gasteiger charge is -2.66. The first-order valence-corrected chi connectivity index (χ1v) is 13.4. The van der Waals surface area contributed by atoms with Gasteiger partial charge < -0.3 is 20.1 Å². The number of ether oxygens (including phenoxy) is 1. The highest BCUT2D eigenvalue weighted by atomic mass is 16.5. The third kappa shape index (κ3) is 3.53. The Morgan fingerprint density at radius 2 is 1.70 bits per heavy atom. The lowest BCUT2D eigenvalue weighted by atomic mass is 9.43. The maximum Gasteiger partial charge on any atom is 0.105 e. The predicted octanol–water partition coefficient (Wildman–Crippen LogP) is 5.27. The van der Waals surface area contributed by atoms with E-state index in [2.05, 4.69) is 52.8 Å². The molecule has 0 aromatic carbocycles. The summed E-state index contributed by atoms with van der Waals surface area (Å²) in [6.07, 6.45) is 11.2. The van der Waals surface area contributed by atoms with Crippen molar-refractivity contribution in [2.24, 2.45) is 40.4 Å². The van der Waals surface area contributed by atoms with E-state index < -0.39 is 28.8 Å². The molecule has 3 N–H and O–H groups in total. The summed E-state index contributed by atoms with van der Waals surface area (Å²) in [6, 6.07) is 0. The van der Waals surface area contributed by atoms with Crippen LogP contribution >= 0.6 is 0 Å². The smallest absolute Gasteiger partial charge is 0.105 e. The van der Waals surface area contributed by atoms with Gasteiger partial charge in [-0.15, -0.1) is 0 Å². The zero-order valence-electron chi connectivity index (χ0n) is 22.0. The van der Waals surface area contributed by atoms with Crippen LogP contribution in [0.15, 0.2) is 23.8 Å². The minimum atomic E-state index is -1.26. The van der Waals surface area contributed by atoms with E-state index in [4.69, 9.17) is 4.74 Å². The SMILES string of the molecule is CO[C@@H]1C=C2[C@@H]3CC[C@H]([C@H](C)/C=C/[C@H](C)C(C)C)[C@@]3(C)CC[C@]2(O)[C@@]2(C)CC[C@H](O)C[C@]12O. The molecular weight excluding hydrogens is 412 g/mol. The quantitative estimate of drug-likeness (QED) is 0.489. The molecule has 4 heteroatoms. The standard InChI is InChI=1S/C29H48O4/c1-18(2)19(3)8-9-20(4)22-10-11-23-24-16-25(33-7)29(32)17-21(30)12-13-27(29,6)28(24,31)15-14-26(22,23)5/h8-9,16,18-23,25,30-32H,10-15,17H2,1-7H3/b9-8+/t19-,20+,21-,22+,23-,25+,26+,27+,28+,29-/m0/s1. The van der Waals surface area contributed by atoms with Gasteiger partial charge in [0.1, 0.15) is 11.7 Å². The van der Waals surface area contributed by atoms with E-state index in [9.17, 15) is 15.3 Å². The Hall–Kier alpha value is -0.680. The van der Waals surface area contributed by atoms with Crippen LogP contribution in [0, 0.1) is 40.4 Å². The number of aliphatic hydroxyl groups excluding tert-OH is 1. The van der Waals surface area contributed by atoms with Crippen molar-refractivity contribution < 1.29 is 20.1 Å². The summed E-state index contributed by atoms with van der Waals surface area (Å²) in [7, 11) is 1.65. The number of methoxy groups -OCH3 is 1. The molecule has 4 aliphatic rings. The minimum Gasteiger partial charge on any atom is -0.393 e. The second kappa shape index (κ2) is 8.47. The molecule has 4 aliphatic carbocycles. The van der Waals surface area contributed by atoms with Gasteiger partial charge >= 0.3 is 0 Å². The average molecular weight is 461 g/mol. The molecule has 0 aromatic heterocycles. The van der Waals surface area contributed by atoms with Gasteiger partial charge in [-0.2, -0.15) is 0 Å². The lowest BCUT2D eigenvalue weighted by molar-refractivity contribution is -0.262. The predicted molar refractivity (Wildman–Crippen MR) is 133 cm³/mol. The monoisotopic (exact) mass is 460 g/mol. The highest BCUT2D eigenvalue weighted by Gasteiger charge is 2.71. The number of hydrogen-bond acceptors (Lipinski definition) is 4. The molecule has 188 valence electrons. The third-order valence-electron chi connectivity index (χ3n) is 11.1. The summed E-state index contributed by atoms with van der Waals surface area (Å²) in [5, 5.41) is 34.7. The number of allylic oxidation sites excluding steroid dienone is 2. The normalized spacial score (nSPS) is 49.4. The van der Waals surface area contributed by atoms with E-state index in [-0.39, 0.29) is 11.8 Å². The van der Waals surface area contributed by atoms with Gasteiger partial charge in [-0.3, -0.25) is 0 Å². The van der Waals surface area contributed by atoms with Crippen LogP contribution < -0.4 is 0 Å². The van der Waals surface area contributed by atoms with E-state index >= 15 is 0 Å². The zero-order valence-corrected chi connectivity index (χ0v) is 22.0. The zero-order chi connectivity index (χ0) is 24.4. The van der Waals surface area contributed by atoms with Gasteiger partial charge in [0.2, 0.25) is 0 Å². The Kier molecular flexibility index (Phi) is 6.52. The first kappa shape index (κ1) is 25.4. The van der Waals surface area contributed by atoms with Crippen molar-refractivity contribution in [3.63, 3.8) is 0 Å². The van der Waals surface area contributed by atoms with Crippen molar-refractivity contribution in [3.05, 3.63) is 23.8 Å². The largest absolute Gasteiger partial charge is 0.393 e. The van der Waals surface area contributed by atoms with E-state index in [0.29, 0.717) is 48.9 Å². The van der Waals surface area contributed by atoms with Crippen molar-refractivity contribution in [3.8, 4) is 0 Å². The lowest BCUT2D eigenvalue weighted by Crippen LogP contribution is -2.72. The van der Waals surface area contributed by atoms with E-state index in [1.807, 2.05) is 6.92 Å². The Morgan fingerprint density at radius 1 is 1.00 bits per heavy atom. The van der Waals surface area contributed by atoms with Crippen LogP contribution in [-0.4, -0.2) is 45.8 Å². The Labute approximate surface area is 201 Å². The molecule has 3 saturated carbocycles. The molecule has 0 saturated heterocycles. The van der Waals surface area contributed by atoms with Gasteiger partial charge in [0.15, 0.2) is 0 Å². The molecular formula is C29H48O4. The summed E-state index contributed by atoms with van der Waals surface area (Å²) in [6.45, 7) is 13.7. The summed E-state index contributed by atoms with van der Waals surface area (Å²) < 4.78 is 5.85. The van der Waals surface area contributed by atoms with Crippen LogP contribution in [0.5, 0.6) is 0 Å². The number of aliphatic hydroxyl groups is 3. The fourth-order valence-corrected chi connectivity index (χ4v) is 8.35. The molecule has 0 aliphatic heterocycles. The topological polar surface area (TPSA) is 69.9 Å². The maximum absolute atomic E-state index is 12.4. The van der Waals surface area contributed by atoms with Crippen LogP contribution in [0.4, 0.5) is 0 Å². The first-order valence-electron chi connectivity index (χ1n) is 13.4. The molecule has 0 aromatic rings. The molecule has 0 radical (unpaired) electrons. The van der Waals surface area contributed by atoms with Gasteiger partial charge in [-0.05, 0) is 79.1 Å². The highest BCUT2D eigenvalue weighted by molar-refractivity contribution is 5.40. The molecule has 0 amide bonds. The molecule has 0 bridgehead atoms. The van der Waals surface area contributed by atoms with Gasteiger partial charge in [-0.1, -0.05) is 59.8 Å². The number of rotatable bonds is 5. The molecule has 4 nitrogen and oxygen atoms in total. The second-order valence-electron chi connectivity index (χ2n) is 12.9. The average Bonchev–Trinajstić information content (AvgIpc) is 3.10. The van der Waals surface area contributed by atoms with Crippen LogP contribution in [0.3, 0.4) is 0 Å². The van der Waals surface area contributed by atoms with Gasteiger partial charge in [0, 0.05) is 18.9 Å². The molecule has 10 atom stereocenters. The maximum atomic E-state index is 12.4. The summed E-state index contributed by atoms with van der Waals surface area (Å²) >= 11 is 0. The second-order valence-corrected chi connectivity index (χ2v) is 12.9. The van der Waals surface area contributed by atoms with Crippen molar-refractivity contribution in [2.75, 3.05) is 7.11 Å². The van der Waals surface area contributed by atoms with Crippen LogP contribution in [0.1, 0.15) is 86.5 Å². The summed E-state index contributed by atoms with van der Waals surface area (Å²) in [5.41, 5.74) is -1.77. The Bertz CT molecular complexity index is 803. The van der Waals surface area contributed by atoms with E-state index in [1.54, 1.807) is 7.11 Å². The molecule has 0 spiro atoms. The van der Waals surface area contributed by atoms with Gasteiger partial charge in [-0.25, -0.2) is 0 Å². The first-order chi connectivity index (χ1) is 15.3. The fourth-order valence-electron chi connectivity index (χ4n) is 8.35. The molecule has 0 unspecified atom stereocenters. The van der Waals surface area contributed by atoms with E-state index in [0.717, 1.165) is 18.4 Å². The fraction of sp³-hybridized carbons (Fsp3) is 0.862. The van der Waals surface area contributed by atoms with Crippen molar-refractivity contribution in [2.45, 2.75) is 110 Å². The number of hydrogen-bond donors (Lipinski definition) is 3. The Morgan fingerprint density at radius 3 is 2.33 bits per heavy atom. The van der Waals surface area contributed by atoms with Crippen LogP contribution in [0.25, 0.3) is 0 Å². The van der Waals surface area contributed by atoms with Crippen molar-refractivity contribution in [1.29, 1.82) is 0 Å². The van der Waals surface area contributed by atoms with Crippen molar-refractivity contribution >= 4 is 0 Å². The van der Waals surface area contributed by atoms with Gasteiger partial charge in [0.25, 0.3) is 0 Å². The van der Waals surface area contributed by atoms with E-state index in [1.165, 1.54) is 6.42 Å². The summed E-state index contributed by atoms with van der Waals surface area (Å²) in [4.78, 5) is 0. The molecule has 33 heavy (non-hydrogen) atoms.